The molecule has 2 heterocycles. The van der Waals surface area contributed by atoms with Crippen LogP contribution in [0.15, 0.2) is 48.9 Å². The SMILES string of the molecule is CC(C)(C)OC(=O)c1[nH]c(-c2ccccc2)nc1-c1cnccn1. The van der Waals surface area contributed by atoms with Crippen LogP contribution >= 0.6 is 0 Å². The van der Waals surface area contributed by atoms with Crippen molar-refractivity contribution in [1.82, 2.24) is 19.9 Å². The molecule has 3 rings (SSSR count). The van der Waals surface area contributed by atoms with E-state index >= 15 is 0 Å². The molecule has 0 fully saturated rings. The molecule has 0 amide bonds. The lowest BCUT2D eigenvalue weighted by Crippen LogP contribution is -2.24. The number of aromatic nitrogens is 4. The van der Waals surface area contributed by atoms with Gasteiger partial charge in [0.05, 0.1) is 6.20 Å². The summed E-state index contributed by atoms with van der Waals surface area (Å²) in [5.41, 5.74) is 1.48. The average molecular weight is 322 g/mol. The van der Waals surface area contributed by atoms with Gasteiger partial charge < -0.3 is 9.72 Å². The van der Waals surface area contributed by atoms with Gasteiger partial charge in [-0.3, -0.25) is 9.97 Å². The van der Waals surface area contributed by atoms with Crippen molar-refractivity contribution < 1.29 is 9.53 Å². The second-order valence-electron chi connectivity index (χ2n) is 6.27. The van der Waals surface area contributed by atoms with E-state index in [4.69, 9.17) is 4.74 Å². The standard InChI is InChI=1S/C18H18N4O2/c1-18(2,3)24-17(23)15-14(13-11-19-9-10-20-13)21-16(22-15)12-7-5-4-6-8-12/h4-11H,1-3H3,(H,21,22). The molecule has 0 unspecified atom stereocenters. The summed E-state index contributed by atoms with van der Waals surface area (Å²) in [7, 11) is 0. The van der Waals surface area contributed by atoms with E-state index in [9.17, 15) is 4.79 Å². The Morgan fingerprint density at radius 3 is 2.50 bits per heavy atom. The third-order valence-electron chi connectivity index (χ3n) is 3.16. The van der Waals surface area contributed by atoms with E-state index in [-0.39, 0.29) is 5.69 Å². The van der Waals surface area contributed by atoms with E-state index < -0.39 is 11.6 Å². The molecule has 0 radical (unpaired) electrons. The third kappa shape index (κ3) is 3.48. The minimum Gasteiger partial charge on any atom is -0.455 e. The molecule has 0 aliphatic carbocycles. The van der Waals surface area contributed by atoms with E-state index in [2.05, 4.69) is 19.9 Å². The number of carbonyl (C=O) groups excluding carboxylic acids is 1. The number of nitrogens with one attached hydrogen (secondary N) is 1. The molecule has 24 heavy (non-hydrogen) atoms. The molecule has 6 nitrogen and oxygen atoms in total. The second-order valence-corrected chi connectivity index (χ2v) is 6.27. The van der Waals surface area contributed by atoms with Gasteiger partial charge in [-0.15, -0.1) is 0 Å². The average Bonchev–Trinajstić information content (AvgIpc) is 3.00. The van der Waals surface area contributed by atoms with E-state index in [0.717, 1.165) is 5.56 Å². The maximum absolute atomic E-state index is 12.6. The molecule has 1 aromatic carbocycles. The third-order valence-corrected chi connectivity index (χ3v) is 3.16. The molecule has 0 saturated carbocycles. The Morgan fingerprint density at radius 2 is 1.88 bits per heavy atom. The summed E-state index contributed by atoms with van der Waals surface area (Å²) in [5.74, 6) is 0.106. The number of rotatable bonds is 3. The highest BCUT2D eigenvalue weighted by atomic mass is 16.6. The summed E-state index contributed by atoms with van der Waals surface area (Å²) < 4.78 is 5.48. The first-order chi connectivity index (χ1) is 11.4. The normalized spacial score (nSPS) is 11.3. The number of imidazole rings is 1. The van der Waals surface area contributed by atoms with Crippen molar-refractivity contribution in [2.45, 2.75) is 26.4 Å². The minimum atomic E-state index is -0.602. The van der Waals surface area contributed by atoms with Crippen molar-refractivity contribution in [2.24, 2.45) is 0 Å². The molecule has 0 aliphatic heterocycles. The first kappa shape index (κ1) is 15.9. The number of H-pyrrole nitrogens is 1. The van der Waals surface area contributed by atoms with Crippen LogP contribution in [-0.2, 0) is 4.74 Å². The molecule has 6 heteroatoms. The van der Waals surface area contributed by atoms with Gasteiger partial charge in [-0.25, -0.2) is 9.78 Å². The van der Waals surface area contributed by atoms with Gasteiger partial charge in [0, 0.05) is 18.0 Å². The number of aromatic amines is 1. The smallest absolute Gasteiger partial charge is 0.357 e. The highest BCUT2D eigenvalue weighted by Crippen LogP contribution is 2.26. The Bertz CT molecular complexity index is 836. The number of ether oxygens (including phenoxy) is 1. The molecule has 3 aromatic rings. The van der Waals surface area contributed by atoms with Crippen LogP contribution in [0.5, 0.6) is 0 Å². The van der Waals surface area contributed by atoms with Crippen LogP contribution in [0.25, 0.3) is 22.8 Å². The molecular weight excluding hydrogens is 304 g/mol. The van der Waals surface area contributed by atoms with Gasteiger partial charge in [-0.2, -0.15) is 0 Å². The topological polar surface area (TPSA) is 80.8 Å². The summed E-state index contributed by atoms with van der Waals surface area (Å²) >= 11 is 0. The highest BCUT2D eigenvalue weighted by molar-refractivity contribution is 5.95. The maximum Gasteiger partial charge on any atom is 0.357 e. The van der Waals surface area contributed by atoms with Gasteiger partial charge in [0.2, 0.25) is 0 Å². The summed E-state index contributed by atoms with van der Waals surface area (Å²) in [4.78, 5) is 28.5. The number of hydrogen-bond donors (Lipinski definition) is 1. The maximum atomic E-state index is 12.6. The summed E-state index contributed by atoms with van der Waals surface area (Å²) in [6.07, 6.45) is 4.70. The van der Waals surface area contributed by atoms with Crippen LogP contribution < -0.4 is 0 Å². The largest absolute Gasteiger partial charge is 0.455 e. The Balaban J connectivity index is 2.09. The fourth-order valence-electron chi connectivity index (χ4n) is 2.19. The predicted octanol–water partition coefficient (Wildman–Crippen LogP) is 3.49. The quantitative estimate of drug-likeness (QED) is 0.747. The van der Waals surface area contributed by atoms with E-state index in [1.54, 1.807) is 18.6 Å². The Kier molecular flexibility index (Phi) is 4.12. The summed E-state index contributed by atoms with van der Waals surface area (Å²) in [6.45, 7) is 5.46. The van der Waals surface area contributed by atoms with Gasteiger partial charge in [0.1, 0.15) is 22.8 Å². The fourth-order valence-corrected chi connectivity index (χ4v) is 2.19. The molecule has 2 aromatic heterocycles. The molecule has 0 spiro atoms. The molecule has 1 N–H and O–H groups in total. The van der Waals surface area contributed by atoms with E-state index in [1.165, 1.54) is 0 Å². The number of benzene rings is 1. The molecule has 0 atom stereocenters. The van der Waals surface area contributed by atoms with Crippen LogP contribution in [0.2, 0.25) is 0 Å². The number of nitrogens with zero attached hydrogens (tertiary/aromatic N) is 3. The van der Waals surface area contributed by atoms with Crippen LogP contribution in [0, 0.1) is 0 Å². The van der Waals surface area contributed by atoms with Crippen LogP contribution in [-0.4, -0.2) is 31.5 Å². The van der Waals surface area contributed by atoms with Crippen LogP contribution in [0.4, 0.5) is 0 Å². The van der Waals surface area contributed by atoms with Gasteiger partial charge in [0.15, 0.2) is 5.69 Å². The molecule has 0 aliphatic rings. The van der Waals surface area contributed by atoms with Gasteiger partial charge in [-0.1, -0.05) is 30.3 Å². The van der Waals surface area contributed by atoms with Crippen molar-refractivity contribution in [3.05, 3.63) is 54.6 Å². The molecule has 0 bridgehead atoms. The number of esters is 1. The highest BCUT2D eigenvalue weighted by Gasteiger charge is 2.25. The van der Waals surface area contributed by atoms with Gasteiger partial charge >= 0.3 is 5.97 Å². The number of hydrogen-bond acceptors (Lipinski definition) is 5. The Morgan fingerprint density at radius 1 is 1.12 bits per heavy atom. The molecular formula is C18H18N4O2. The van der Waals surface area contributed by atoms with Crippen molar-refractivity contribution in [3.63, 3.8) is 0 Å². The lowest BCUT2D eigenvalue weighted by molar-refractivity contribution is 0.00645. The zero-order valence-electron chi connectivity index (χ0n) is 13.8. The first-order valence-corrected chi connectivity index (χ1v) is 7.59. The molecule has 0 saturated heterocycles. The van der Waals surface area contributed by atoms with Crippen molar-refractivity contribution in [3.8, 4) is 22.8 Å². The first-order valence-electron chi connectivity index (χ1n) is 7.59. The zero-order chi connectivity index (χ0) is 17.2. The van der Waals surface area contributed by atoms with Crippen LogP contribution in [0.3, 0.4) is 0 Å². The second kappa shape index (κ2) is 6.23. The molecule has 122 valence electrons. The van der Waals surface area contributed by atoms with Crippen molar-refractivity contribution >= 4 is 5.97 Å². The summed E-state index contributed by atoms with van der Waals surface area (Å²) in [6, 6.07) is 9.57. The Labute approximate surface area is 140 Å². The zero-order valence-corrected chi connectivity index (χ0v) is 13.8. The van der Waals surface area contributed by atoms with Crippen molar-refractivity contribution in [1.29, 1.82) is 0 Å². The van der Waals surface area contributed by atoms with Crippen LogP contribution in [0.1, 0.15) is 31.3 Å². The van der Waals surface area contributed by atoms with E-state index in [1.807, 2.05) is 51.1 Å². The lowest BCUT2D eigenvalue weighted by Gasteiger charge is -2.19. The predicted molar refractivity (Wildman–Crippen MR) is 90.2 cm³/mol. The van der Waals surface area contributed by atoms with E-state index in [0.29, 0.717) is 17.2 Å². The van der Waals surface area contributed by atoms with Crippen molar-refractivity contribution in [2.75, 3.05) is 0 Å². The van der Waals surface area contributed by atoms with Gasteiger partial charge in [-0.05, 0) is 20.8 Å². The Hall–Kier alpha value is -3.02. The van der Waals surface area contributed by atoms with Gasteiger partial charge in [0.25, 0.3) is 0 Å². The monoisotopic (exact) mass is 322 g/mol. The summed E-state index contributed by atoms with van der Waals surface area (Å²) in [5, 5.41) is 0. The fraction of sp³-hybridized carbons (Fsp3) is 0.222. The lowest BCUT2D eigenvalue weighted by atomic mass is 10.2. The number of carbonyl (C=O) groups is 1. The minimum absolute atomic E-state index is 0.268.